The molecule has 6 nitrogen and oxygen atoms in total. The Balaban J connectivity index is 1.53. The summed E-state index contributed by atoms with van der Waals surface area (Å²) < 4.78 is 7.23. The van der Waals surface area contributed by atoms with E-state index < -0.39 is 0 Å². The number of halogens is 1. The maximum Gasteiger partial charge on any atom is 0.259 e. The van der Waals surface area contributed by atoms with E-state index in [1.165, 1.54) is 5.56 Å². The van der Waals surface area contributed by atoms with Crippen molar-refractivity contribution in [2.45, 2.75) is 26.3 Å². The van der Waals surface area contributed by atoms with Crippen molar-refractivity contribution in [3.8, 4) is 5.69 Å². The first-order valence-corrected chi connectivity index (χ1v) is 10.9. The number of amides is 1. The fourth-order valence-corrected chi connectivity index (χ4v) is 3.97. The lowest BCUT2D eigenvalue weighted by Gasteiger charge is -2.26. The molecule has 1 fully saturated rings. The van der Waals surface area contributed by atoms with Crippen molar-refractivity contribution >= 4 is 23.2 Å². The van der Waals surface area contributed by atoms with Crippen molar-refractivity contribution in [1.29, 1.82) is 0 Å². The maximum absolute atomic E-state index is 13.1. The van der Waals surface area contributed by atoms with Crippen LogP contribution in [0.3, 0.4) is 0 Å². The minimum absolute atomic E-state index is 0.117. The molecule has 3 aromatic rings. The van der Waals surface area contributed by atoms with Crippen molar-refractivity contribution in [3.63, 3.8) is 0 Å². The second kappa shape index (κ2) is 9.64. The van der Waals surface area contributed by atoms with E-state index >= 15 is 0 Å². The second-order valence-electron chi connectivity index (χ2n) is 8.03. The van der Waals surface area contributed by atoms with Crippen LogP contribution in [0.4, 0.5) is 5.69 Å². The van der Waals surface area contributed by atoms with E-state index in [-0.39, 0.29) is 11.8 Å². The van der Waals surface area contributed by atoms with Crippen molar-refractivity contribution in [3.05, 3.63) is 76.6 Å². The van der Waals surface area contributed by atoms with E-state index in [0.717, 1.165) is 49.9 Å². The molecule has 162 valence electrons. The number of anilines is 1. The fourth-order valence-electron chi connectivity index (χ4n) is 3.84. The van der Waals surface area contributed by atoms with Gasteiger partial charge < -0.3 is 10.1 Å². The molecule has 2 aromatic carbocycles. The first kappa shape index (κ1) is 21.6. The smallest absolute Gasteiger partial charge is 0.259 e. The molecule has 0 spiro atoms. The highest BCUT2D eigenvalue weighted by Crippen LogP contribution is 2.25. The number of benzene rings is 2. The summed E-state index contributed by atoms with van der Waals surface area (Å²) in [6.45, 7) is 8.36. The Morgan fingerprint density at radius 1 is 1.16 bits per heavy atom. The molecule has 1 N–H and O–H groups in total. The summed E-state index contributed by atoms with van der Waals surface area (Å²) in [5.41, 5.74) is 4.26. The van der Waals surface area contributed by atoms with Crippen LogP contribution in [0.15, 0.2) is 54.7 Å². The van der Waals surface area contributed by atoms with Gasteiger partial charge in [0.15, 0.2) is 0 Å². The van der Waals surface area contributed by atoms with Crippen LogP contribution in [0.5, 0.6) is 0 Å². The molecule has 0 saturated carbocycles. The average molecular weight is 439 g/mol. The van der Waals surface area contributed by atoms with Gasteiger partial charge in [-0.25, -0.2) is 4.68 Å². The van der Waals surface area contributed by atoms with Crippen LogP contribution in [0.2, 0.25) is 5.02 Å². The molecule has 1 aromatic heterocycles. The zero-order valence-corrected chi connectivity index (χ0v) is 18.6. The van der Waals surface area contributed by atoms with Gasteiger partial charge in [0.1, 0.15) is 0 Å². The number of nitrogens with zero attached hydrogens (tertiary/aromatic N) is 3. The third kappa shape index (κ3) is 5.15. The van der Waals surface area contributed by atoms with Crippen LogP contribution < -0.4 is 5.32 Å². The lowest BCUT2D eigenvalue weighted by molar-refractivity contribution is 0.0342. The number of rotatable bonds is 6. The second-order valence-corrected chi connectivity index (χ2v) is 8.47. The van der Waals surface area contributed by atoms with Crippen LogP contribution in [-0.4, -0.2) is 46.9 Å². The number of aromatic nitrogens is 2. The first-order chi connectivity index (χ1) is 15.0. The summed E-state index contributed by atoms with van der Waals surface area (Å²) in [4.78, 5) is 15.5. The highest BCUT2D eigenvalue weighted by atomic mass is 35.5. The van der Waals surface area contributed by atoms with Crippen LogP contribution in [0.25, 0.3) is 5.69 Å². The Hall–Kier alpha value is -2.67. The summed E-state index contributed by atoms with van der Waals surface area (Å²) in [7, 11) is 0. The molecule has 2 heterocycles. The van der Waals surface area contributed by atoms with Gasteiger partial charge in [-0.3, -0.25) is 9.69 Å². The Bertz CT molecular complexity index is 1040. The molecular weight excluding hydrogens is 412 g/mol. The highest BCUT2D eigenvalue weighted by molar-refractivity contribution is 6.30. The average Bonchev–Trinajstić information content (AvgIpc) is 3.21. The normalized spacial score (nSPS) is 14.7. The van der Waals surface area contributed by atoms with E-state index in [4.69, 9.17) is 16.3 Å². The molecule has 4 rings (SSSR count). The van der Waals surface area contributed by atoms with E-state index in [2.05, 4.69) is 35.2 Å². The molecule has 1 aliphatic heterocycles. The van der Waals surface area contributed by atoms with Gasteiger partial charge in [-0.2, -0.15) is 5.10 Å². The van der Waals surface area contributed by atoms with Crippen molar-refractivity contribution < 1.29 is 9.53 Å². The summed E-state index contributed by atoms with van der Waals surface area (Å²) in [5.74, 6) is -0.0426. The van der Waals surface area contributed by atoms with Crippen LogP contribution in [0, 0.1) is 0 Å². The van der Waals surface area contributed by atoms with Crippen molar-refractivity contribution in [2.24, 2.45) is 0 Å². The predicted molar refractivity (Wildman–Crippen MR) is 123 cm³/mol. The van der Waals surface area contributed by atoms with Crippen molar-refractivity contribution in [1.82, 2.24) is 14.7 Å². The molecule has 0 radical (unpaired) electrons. The minimum atomic E-state index is -0.160. The molecule has 1 amide bonds. The molecule has 0 bridgehead atoms. The van der Waals surface area contributed by atoms with Gasteiger partial charge in [0.05, 0.1) is 36.4 Å². The Labute approximate surface area is 187 Å². The van der Waals surface area contributed by atoms with Gasteiger partial charge in [-0.15, -0.1) is 0 Å². The van der Waals surface area contributed by atoms with E-state index in [1.807, 2.05) is 47.1 Å². The number of hydrogen-bond acceptors (Lipinski definition) is 4. The number of carbonyl (C=O) groups is 1. The van der Waals surface area contributed by atoms with Gasteiger partial charge in [0.25, 0.3) is 5.91 Å². The van der Waals surface area contributed by atoms with Crippen LogP contribution >= 0.6 is 11.6 Å². The molecule has 0 unspecified atom stereocenters. The summed E-state index contributed by atoms with van der Waals surface area (Å²) in [6.07, 6.45) is 1.64. The summed E-state index contributed by atoms with van der Waals surface area (Å²) >= 11 is 6.02. The molecule has 0 atom stereocenters. The number of morpholine rings is 1. The zero-order valence-electron chi connectivity index (χ0n) is 17.8. The maximum atomic E-state index is 13.1. The lowest BCUT2D eigenvalue weighted by Crippen LogP contribution is -2.35. The number of nitrogens with one attached hydrogen (secondary N) is 1. The molecule has 1 aliphatic rings. The predicted octanol–water partition coefficient (Wildman–Crippen LogP) is 4.73. The molecule has 1 saturated heterocycles. The van der Waals surface area contributed by atoms with Crippen LogP contribution in [-0.2, 0) is 11.3 Å². The largest absolute Gasteiger partial charge is 0.379 e. The van der Waals surface area contributed by atoms with Gasteiger partial charge >= 0.3 is 0 Å². The Kier molecular flexibility index (Phi) is 6.70. The molecule has 0 aliphatic carbocycles. The number of ether oxygens (including phenoxy) is 1. The van der Waals surface area contributed by atoms with Crippen LogP contribution in [0.1, 0.15) is 41.4 Å². The van der Waals surface area contributed by atoms with E-state index in [0.29, 0.717) is 10.6 Å². The van der Waals surface area contributed by atoms with Gasteiger partial charge in [0, 0.05) is 30.3 Å². The van der Waals surface area contributed by atoms with Gasteiger partial charge in [-0.05, 0) is 47.9 Å². The molecule has 31 heavy (non-hydrogen) atoms. The van der Waals surface area contributed by atoms with Gasteiger partial charge in [0.2, 0.25) is 0 Å². The van der Waals surface area contributed by atoms with E-state index in [9.17, 15) is 4.79 Å². The van der Waals surface area contributed by atoms with E-state index in [1.54, 1.807) is 6.20 Å². The topological polar surface area (TPSA) is 59.4 Å². The standard InChI is InChI=1S/C24H27ClN4O2/c1-17(2)23-22(15-26-29(23)21-8-6-19(25)7-9-21)24(30)27-20-5-3-4-18(14-20)16-28-10-12-31-13-11-28/h3-9,14-15,17H,10-13,16H2,1-2H3,(H,27,30). The quantitative estimate of drug-likeness (QED) is 0.604. The zero-order chi connectivity index (χ0) is 21.8. The fraction of sp³-hybridized carbons (Fsp3) is 0.333. The summed E-state index contributed by atoms with van der Waals surface area (Å²) in [6, 6.07) is 15.5. The molecule has 7 heteroatoms. The first-order valence-electron chi connectivity index (χ1n) is 10.6. The monoisotopic (exact) mass is 438 g/mol. The third-order valence-electron chi connectivity index (χ3n) is 5.36. The van der Waals surface area contributed by atoms with Gasteiger partial charge in [-0.1, -0.05) is 37.6 Å². The highest BCUT2D eigenvalue weighted by Gasteiger charge is 2.21. The number of hydrogen-bond donors (Lipinski definition) is 1. The Morgan fingerprint density at radius 3 is 2.61 bits per heavy atom. The number of carbonyl (C=O) groups excluding carboxylic acids is 1. The summed E-state index contributed by atoms with van der Waals surface area (Å²) in [5, 5.41) is 8.20. The van der Waals surface area contributed by atoms with Crippen molar-refractivity contribution in [2.75, 3.05) is 31.6 Å². The third-order valence-corrected chi connectivity index (χ3v) is 5.62. The lowest BCUT2D eigenvalue weighted by atomic mass is 10.0. The minimum Gasteiger partial charge on any atom is -0.379 e. The Morgan fingerprint density at radius 2 is 1.90 bits per heavy atom. The molecular formula is C24H27ClN4O2. The SMILES string of the molecule is CC(C)c1c(C(=O)Nc2cccc(CN3CCOCC3)c2)cnn1-c1ccc(Cl)cc1.